The first-order valence-corrected chi connectivity index (χ1v) is 9.21. The Kier molecular flexibility index (Phi) is 5.33. The highest BCUT2D eigenvalue weighted by atomic mass is 32.2. The molecule has 2 heterocycles. The number of ether oxygens (including phenoxy) is 2. The Morgan fingerprint density at radius 1 is 1.22 bits per heavy atom. The smallest absolute Gasteiger partial charge is 0.348 e. The van der Waals surface area contributed by atoms with E-state index in [9.17, 15) is 18.4 Å². The predicted octanol–water partition coefficient (Wildman–Crippen LogP) is 3.35. The largest absolute Gasteiger partial charge is 0.465 e. The van der Waals surface area contributed by atoms with Gasteiger partial charge >= 0.3 is 11.9 Å². The second kappa shape index (κ2) is 7.53. The molecule has 0 spiro atoms. The van der Waals surface area contributed by atoms with Gasteiger partial charge in [0.05, 0.1) is 30.8 Å². The molecule has 0 amide bonds. The molecule has 0 aliphatic carbocycles. The summed E-state index contributed by atoms with van der Waals surface area (Å²) in [4.78, 5) is 31.2. The second-order valence-corrected chi connectivity index (χ2v) is 7.26. The fourth-order valence-corrected chi connectivity index (χ4v) is 4.40. The Morgan fingerprint density at radius 2 is 1.89 bits per heavy atom. The summed E-state index contributed by atoms with van der Waals surface area (Å²) >= 11 is 2.05. The van der Waals surface area contributed by atoms with Crippen LogP contribution in [0.2, 0.25) is 0 Å². The van der Waals surface area contributed by atoms with Crippen molar-refractivity contribution in [3.05, 3.63) is 39.8 Å². The third-order valence-electron chi connectivity index (χ3n) is 3.65. The molecule has 0 saturated heterocycles. The van der Waals surface area contributed by atoms with E-state index in [-0.39, 0.29) is 26.7 Å². The Bertz CT molecular complexity index is 1010. The molecule has 0 atom stereocenters. The lowest BCUT2D eigenvalue weighted by molar-refractivity contribution is 0.0601. The highest BCUT2D eigenvalue weighted by Gasteiger charge is 2.27. The van der Waals surface area contributed by atoms with E-state index in [1.54, 1.807) is 0 Å². The maximum Gasteiger partial charge on any atom is 0.348 e. The minimum Gasteiger partial charge on any atom is -0.465 e. The van der Waals surface area contributed by atoms with Gasteiger partial charge in [0.2, 0.25) is 0 Å². The fraction of sp³-hybridized carbons (Fsp3) is 0.188. The number of esters is 2. The maximum atomic E-state index is 13.3. The molecule has 142 valence electrons. The van der Waals surface area contributed by atoms with Crippen LogP contribution in [0.4, 0.5) is 13.8 Å². The van der Waals surface area contributed by atoms with E-state index in [0.717, 1.165) is 35.2 Å². The van der Waals surface area contributed by atoms with Gasteiger partial charge in [-0.2, -0.15) is 0 Å². The number of benzene rings is 1. The molecular weight excluding hydrogens is 400 g/mol. The molecule has 3 rings (SSSR count). The van der Waals surface area contributed by atoms with Crippen molar-refractivity contribution in [2.75, 3.05) is 20.0 Å². The lowest BCUT2D eigenvalue weighted by Gasteiger charge is -2.05. The van der Waals surface area contributed by atoms with Gasteiger partial charge in [-0.15, -0.1) is 11.3 Å². The molecule has 0 bridgehead atoms. The molecule has 0 unspecified atom stereocenters. The quantitative estimate of drug-likeness (QED) is 0.488. The Morgan fingerprint density at radius 3 is 2.56 bits per heavy atom. The number of carbonyl (C=O) groups excluding carboxylic acids is 2. The van der Waals surface area contributed by atoms with Crippen molar-refractivity contribution in [2.24, 2.45) is 0 Å². The first-order chi connectivity index (χ1) is 12.8. The molecule has 0 aliphatic heterocycles. The lowest BCUT2D eigenvalue weighted by Crippen LogP contribution is -2.08. The van der Waals surface area contributed by atoms with Crippen LogP contribution < -0.4 is 5.73 Å². The minimum atomic E-state index is -1.00. The summed E-state index contributed by atoms with van der Waals surface area (Å²) in [6.45, 7) is 0. The van der Waals surface area contributed by atoms with Gasteiger partial charge < -0.3 is 20.2 Å². The Hall–Kier alpha value is -2.66. The summed E-state index contributed by atoms with van der Waals surface area (Å²) in [5, 5.41) is 0.484. The predicted molar refractivity (Wildman–Crippen MR) is 97.0 cm³/mol. The second-order valence-electron chi connectivity index (χ2n) is 5.25. The molecule has 7 nitrogen and oxygen atoms in total. The van der Waals surface area contributed by atoms with Gasteiger partial charge in [-0.25, -0.2) is 23.4 Å². The van der Waals surface area contributed by atoms with Gasteiger partial charge in [-0.3, -0.25) is 0 Å². The van der Waals surface area contributed by atoms with Gasteiger partial charge in [-0.1, -0.05) is 11.8 Å². The first-order valence-electron chi connectivity index (χ1n) is 7.41. The first kappa shape index (κ1) is 19.1. The zero-order chi connectivity index (χ0) is 19.7. The number of nitrogens with zero attached hydrogens (tertiary/aromatic N) is 1. The number of aromatic nitrogens is 2. The van der Waals surface area contributed by atoms with E-state index in [0.29, 0.717) is 16.2 Å². The highest BCUT2D eigenvalue weighted by molar-refractivity contribution is 7.98. The van der Waals surface area contributed by atoms with Crippen molar-refractivity contribution in [3.8, 4) is 0 Å². The number of nitrogen functional groups attached to an aromatic ring is 1. The number of nitrogens with two attached hydrogens (primary N) is 1. The molecule has 0 saturated carbocycles. The van der Waals surface area contributed by atoms with Gasteiger partial charge in [0, 0.05) is 23.4 Å². The normalized spacial score (nSPS) is 11.0. The van der Waals surface area contributed by atoms with E-state index in [2.05, 4.69) is 9.97 Å². The summed E-state index contributed by atoms with van der Waals surface area (Å²) in [7, 11) is 2.42. The van der Waals surface area contributed by atoms with Crippen molar-refractivity contribution >= 4 is 51.1 Å². The lowest BCUT2D eigenvalue weighted by atomic mass is 10.1. The standard InChI is InChI=1S/C16H13F2N3O4S2/c1-24-14(22)11-6(12(15(23)25-2)27-13(11)19)5-26-16-20-9-3-7(17)8(18)4-10(9)21-16/h3-4H,5,19H2,1-2H3,(H,20,21). The summed E-state index contributed by atoms with van der Waals surface area (Å²) < 4.78 is 36.1. The molecule has 3 N–H and O–H groups in total. The van der Waals surface area contributed by atoms with Crippen LogP contribution in [-0.4, -0.2) is 36.1 Å². The molecule has 0 aliphatic rings. The van der Waals surface area contributed by atoms with Crippen molar-refractivity contribution in [1.82, 2.24) is 9.97 Å². The topological polar surface area (TPSA) is 107 Å². The van der Waals surface area contributed by atoms with Crippen LogP contribution in [0, 0.1) is 11.6 Å². The zero-order valence-corrected chi connectivity index (χ0v) is 15.7. The number of hydrogen-bond donors (Lipinski definition) is 2. The average molecular weight is 413 g/mol. The number of fused-ring (bicyclic) bond motifs is 1. The average Bonchev–Trinajstić information content (AvgIpc) is 3.19. The summed E-state index contributed by atoms with van der Waals surface area (Å²) in [6, 6.07) is 1.98. The van der Waals surface area contributed by atoms with Gasteiger partial charge in [-0.05, 0) is 0 Å². The zero-order valence-electron chi connectivity index (χ0n) is 14.1. The number of anilines is 1. The SMILES string of the molecule is COC(=O)c1sc(N)c(C(=O)OC)c1CSc1nc2cc(F)c(F)cc2[nH]1. The third-order valence-corrected chi connectivity index (χ3v) is 5.59. The number of hydrogen-bond acceptors (Lipinski definition) is 8. The minimum absolute atomic E-state index is 0.0867. The molecular formula is C16H13F2N3O4S2. The van der Waals surface area contributed by atoms with Crippen LogP contribution in [0.1, 0.15) is 25.6 Å². The summed E-state index contributed by atoms with van der Waals surface area (Å²) in [5.74, 6) is -3.17. The number of imidazole rings is 1. The highest BCUT2D eigenvalue weighted by Crippen LogP contribution is 2.36. The van der Waals surface area contributed by atoms with Crippen LogP contribution in [0.5, 0.6) is 0 Å². The molecule has 0 radical (unpaired) electrons. The van der Waals surface area contributed by atoms with Crippen LogP contribution in [0.3, 0.4) is 0 Å². The van der Waals surface area contributed by atoms with E-state index >= 15 is 0 Å². The Labute approximate surface area is 159 Å². The van der Waals surface area contributed by atoms with E-state index in [1.165, 1.54) is 14.2 Å². The Balaban J connectivity index is 1.95. The van der Waals surface area contributed by atoms with Crippen molar-refractivity contribution < 1.29 is 27.8 Å². The number of carbonyl (C=O) groups is 2. The maximum absolute atomic E-state index is 13.3. The summed E-state index contributed by atoms with van der Waals surface area (Å²) in [5.41, 5.74) is 6.88. The molecule has 1 aromatic carbocycles. The number of thiophene rings is 1. The van der Waals surface area contributed by atoms with Gasteiger partial charge in [0.15, 0.2) is 16.8 Å². The van der Waals surface area contributed by atoms with Crippen LogP contribution >= 0.6 is 23.1 Å². The number of rotatable bonds is 5. The molecule has 0 fully saturated rings. The van der Waals surface area contributed by atoms with Crippen molar-refractivity contribution in [2.45, 2.75) is 10.9 Å². The monoisotopic (exact) mass is 413 g/mol. The molecule has 27 heavy (non-hydrogen) atoms. The van der Waals surface area contributed by atoms with E-state index < -0.39 is 23.6 Å². The summed E-state index contributed by atoms with van der Waals surface area (Å²) in [6.07, 6.45) is 0. The molecule has 2 aromatic heterocycles. The van der Waals surface area contributed by atoms with Gasteiger partial charge in [0.25, 0.3) is 0 Å². The van der Waals surface area contributed by atoms with Gasteiger partial charge in [0.1, 0.15) is 9.88 Å². The van der Waals surface area contributed by atoms with Crippen LogP contribution in [0.15, 0.2) is 17.3 Å². The number of aromatic amines is 1. The number of thioether (sulfide) groups is 1. The number of methoxy groups -OCH3 is 2. The van der Waals surface area contributed by atoms with Crippen LogP contribution in [-0.2, 0) is 15.2 Å². The number of halogens is 2. The third kappa shape index (κ3) is 3.60. The van der Waals surface area contributed by atoms with Crippen LogP contribution in [0.25, 0.3) is 11.0 Å². The fourth-order valence-electron chi connectivity index (χ4n) is 2.40. The van der Waals surface area contributed by atoms with Crippen molar-refractivity contribution in [3.63, 3.8) is 0 Å². The number of nitrogens with one attached hydrogen (secondary N) is 1. The number of H-pyrrole nitrogens is 1. The van der Waals surface area contributed by atoms with E-state index in [1.807, 2.05) is 0 Å². The van der Waals surface area contributed by atoms with E-state index in [4.69, 9.17) is 15.2 Å². The molecule has 11 heteroatoms. The van der Waals surface area contributed by atoms with Crippen molar-refractivity contribution in [1.29, 1.82) is 0 Å². The molecule has 3 aromatic rings.